The van der Waals surface area contributed by atoms with Crippen molar-refractivity contribution in [2.24, 2.45) is 5.73 Å². The molecule has 0 unspecified atom stereocenters. The third kappa shape index (κ3) is 5.81. The molecule has 24 heavy (non-hydrogen) atoms. The lowest BCUT2D eigenvalue weighted by molar-refractivity contribution is -0.122. The molecule has 3 N–H and O–H groups in total. The lowest BCUT2D eigenvalue weighted by Gasteiger charge is -2.14. The van der Waals surface area contributed by atoms with Gasteiger partial charge in [-0.3, -0.25) is 4.79 Å². The zero-order valence-corrected chi connectivity index (χ0v) is 14.9. The van der Waals surface area contributed by atoms with Crippen molar-refractivity contribution in [1.82, 2.24) is 10.3 Å². The van der Waals surface area contributed by atoms with Gasteiger partial charge in [0.15, 0.2) is 0 Å². The molecule has 0 aliphatic rings. The van der Waals surface area contributed by atoms with Crippen LogP contribution in [0.5, 0.6) is 0 Å². The molecule has 0 radical (unpaired) electrons. The summed E-state index contributed by atoms with van der Waals surface area (Å²) < 4.78 is 26.0. The molecule has 0 bridgehead atoms. The number of alkyl halides is 2. The lowest BCUT2D eigenvalue weighted by Crippen LogP contribution is -2.42. The summed E-state index contributed by atoms with van der Waals surface area (Å²) in [6.07, 6.45) is 0.946. The van der Waals surface area contributed by atoms with Crippen LogP contribution in [-0.2, 0) is 17.6 Å². The summed E-state index contributed by atoms with van der Waals surface area (Å²) in [7, 11) is 0. The Balaban J connectivity index is 0.00000288. The number of aromatic nitrogens is 1. The molecule has 0 saturated carbocycles. The van der Waals surface area contributed by atoms with Crippen LogP contribution < -0.4 is 11.1 Å². The quantitative estimate of drug-likeness (QED) is 0.781. The van der Waals surface area contributed by atoms with Crippen LogP contribution in [0.2, 0.25) is 0 Å². The first kappa shape index (κ1) is 20.5. The number of nitrogens with zero attached hydrogens (tertiary/aromatic N) is 1. The highest BCUT2D eigenvalue weighted by Gasteiger charge is 2.27. The first-order chi connectivity index (χ1) is 10.9. The van der Waals surface area contributed by atoms with Crippen molar-refractivity contribution in [3.05, 3.63) is 40.9 Å². The maximum absolute atomic E-state index is 13.0. The highest BCUT2D eigenvalue weighted by molar-refractivity contribution is 7.13. The normalized spacial score (nSPS) is 11.0. The number of halogens is 3. The highest BCUT2D eigenvalue weighted by atomic mass is 35.5. The summed E-state index contributed by atoms with van der Waals surface area (Å²) in [6, 6.07) is 8.06. The number of nitrogens with one attached hydrogen (secondary N) is 1. The second-order valence-electron chi connectivity index (χ2n) is 5.21. The topological polar surface area (TPSA) is 68.0 Å². The van der Waals surface area contributed by atoms with Crippen LogP contribution in [0.3, 0.4) is 0 Å². The summed E-state index contributed by atoms with van der Waals surface area (Å²) in [5, 5.41) is 4.76. The van der Waals surface area contributed by atoms with Gasteiger partial charge in [0, 0.05) is 10.9 Å². The zero-order valence-electron chi connectivity index (χ0n) is 13.2. The number of aryl methyl sites for hydroxylation is 1. The first-order valence-electron chi connectivity index (χ1n) is 7.32. The summed E-state index contributed by atoms with van der Waals surface area (Å²) in [4.78, 5) is 16.1. The number of hydrogen-bond donors (Lipinski definition) is 2. The van der Waals surface area contributed by atoms with Crippen molar-refractivity contribution in [2.45, 2.75) is 25.7 Å². The molecule has 4 nitrogen and oxygen atoms in total. The van der Waals surface area contributed by atoms with Crippen LogP contribution in [0.1, 0.15) is 18.2 Å². The monoisotopic (exact) mass is 375 g/mol. The van der Waals surface area contributed by atoms with E-state index in [1.165, 1.54) is 16.9 Å². The van der Waals surface area contributed by atoms with Gasteiger partial charge in [-0.05, 0) is 12.0 Å². The van der Waals surface area contributed by atoms with Crippen molar-refractivity contribution in [3.8, 4) is 10.6 Å². The molecule has 1 amide bonds. The van der Waals surface area contributed by atoms with Gasteiger partial charge in [-0.15, -0.1) is 23.7 Å². The van der Waals surface area contributed by atoms with Crippen molar-refractivity contribution in [2.75, 3.05) is 13.1 Å². The largest absolute Gasteiger partial charge is 0.350 e. The van der Waals surface area contributed by atoms with Gasteiger partial charge in [0.25, 0.3) is 5.92 Å². The molecule has 0 fully saturated rings. The van der Waals surface area contributed by atoms with E-state index in [0.717, 1.165) is 17.0 Å². The highest BCUT2D eigenvalue weighted by Crippen LogP contribution is 2.24. The average molecular weight is 376 g/mol. The van der Waals surface area contributed by atoms with E-state index in [4.69, 9.17) is 5.73 Å². The number of thiazole rings is 1. The van der Waals surface area contributed by atoms with E-state index in [1.54, 1.807) is 5.38 Å². The first-order valence-corrected chi connectivity index (χ1v) is 8.20. The number of nitrogens with two attached hydrogens (primary N) is 1. The minimum Gasteiger partial charge on any atom is -0.350 e. The molecule has 1 heterocycles. The third-order valence-electron chi connectivity index (χ3n) is 3.35. The minimum absolute atomic E-state index is 0. The smallest absolute Gasteiger partial charge is 0.277 e. The maximum atomic E-state index is 13.0. The summed E-state index contributed by atoms with van der Waals surface area (Å²) >= 11 is 1.43. The van der Waals surface area contributed by atoms with Crippen LogP contribution in [0.25, 0.3) is 10.6 Å². The lowest BCUT2D eigenvalue weighted by atomic mass is 10.1. The Morgan fingerprint density at radius 3 is 2.58 bits per heavy atom. The van der Waals surface area contributed by atoms with Crippen molar-refractivity contribution in [1.29, 1.82) is 0 Å². The molecular weight excluding hydrogens is 356 g/mol. The Morgan fingerprint density at radius 2 is 2.00 bits per heavy atom. The fraction of sp³-hybridized carbons (Fsp3) is 0.375. The molecule has 0 spiro atoms. The standard InChI is InChI=1S/C16H19F2N3OS.ClH/c1-2-11-3-5-12(6-4-11)15-21-13(8-23-15)7-14(22)20-10-16(17,18)9-19;/h3-6,8H,2,7,9-10,19H2,1H3,(H,20,22);1H. The van der Waals surface area contributed by atoms with Gasteiger partial charge in [-0.25, -0.2) is 13.8 Å². The van der Waals surface area contributed by atoms with Crippen molar-refractivity contribution >= 4 is 29.7 Å². The molecule has 0 aliphatic heterocycles. The van der Waals surface area contributed by atoms with E-state index < -0.39 is 24.9 Å². The predicted octanol–water partition coefficient (Wildman–Crippen LogP) is 3.05. The molecule has 0 saturated heterocycles. The van der Waals surface area contributed by atoms with E-state index in [-0.39, 0.29) is 18.8 Å². The molecule has 2 rings (SSSR count). The second kappa shape index (κ2) is 9.05. The molecule has 0 aliphatic carbocycles. The van der Waals surface area contributed by atoms with Crippen LogP contribution in [0.4, 0.5) is 8.78 Å². The molecule has 1 aromatic heterocycles. The van der Waals surface area contributed by atoms with Gasteiger partial charge in [0.05, 0.1) is 25.2 Å². The van der Waals surface area contributed by atoms with Crippen molar-refractivity contribution in [3.63, 3.8) is 0 Å². The van der Waals surface area contributed by atoms with E-state index >= 15 is 0 Å². The van der Waals surface area contributed by atoms with Gasteiger partial charge in [0.1, 0.15) is 5.01 Å². The number of benzene rings is 1. The van der Waals surface area contributed by atoms with E-state index in [9.17, 15) is 13.6 Å². The van der Waals surface area contributed by atoms with Gasteiger partial charge in [0.2, 0.25) is 5.91 Å². The fourth-order valence-corrected chi connectivity index (χ4v) is 2.76. The molecule has 132 valence electrons. The Hall–Kier alpha value is -1.57. The minimum atomic E-state index is -3.08. The van der Waals surface area contributed by atoms with Gasteiger partial charge in [-0.2, -0.15) is 0 Å². The number of amides is 1. The van der Waals surface area contributed by atoms with E-state index in [2.05, 4.69) is 17.2 Å². The second-order valence-corrected chi connectivity index (χ2v) is 6.07. The number of hydrogen-bond acceptors (Lipinski definition) is 4. The molecule has 1 aromatic carbocycles. The van der Waals surface area contributed by atoms with Crippen LogP contribution in [0.15, 0.2) is 29.6 Å². The Bertz CT molecular complexity index is 662. The van der Waals surface area contributed by atoms with Crippen LogP contribution in [0, 0.1) is 0 Å². The summed E-state index contributed by atoms with van der Waals surface area (Å²) in [5.74, 6) is -3.57. The molecular formula is C16H20ClF2N3OS. The van der Waals surface area contributed by atoms with Gasteiger partial charge in [-0.1, -0.05) is 31.2 Å². The van der Waals surface area contributed by atoms with Crippen LogP contribution >= 0.6 is 23.7 Å². The van der Waals surface area contributed by atoms with E-state index in [1.807, 2.05) is 24.3 Å². The Kier molecular flexibility index (Phi) is 7.72. The average Bonchev–Trinajstić information content (AvgIpc) is 3.01. The number of carbonyl (C=O) groups excluding carboxylic acids is 1. The van der Waals surface area contributed by atoms with Crippen LogP contribution in [-0.4, -0.2) is 29.9 Å². The number of rotatable bonds is 7. The van der Waals surface area contributed by atoms with Crippen molar-refractivity contribution < 1.29 is 13.6 Å². The molecule has 2 aromatic rings. The Labute approximate surface area is 149 Å². The molecule has 0 atom stereocenters. The fourth-order valence-electron chi connectivity index (χ4n) is 1.93. The van der Waals surface area contributed by atoms with Gasteiger partial charge < -0.3 is 11.1 Å². The maximum Gasteiger partial charge on any atom is 0.277 e. The number of carbonyl (C=O) groups is 1. The van der Waals surface area contributed by atoms with E-state index in [0.29, 0.717) is 5.69 Å². The third-order valence-corrected chi connectivity index (χ3v) is 4.29. The zero-order chi connectivity index (χ0) is 16.9. The van der Waals surface area contributed by atoms with Gasteiger partial charge >= 0.3 is 0 Å². The SMILES string of the molecule is CCc1ccc(-c2nc(CC(=O)NCC(F)(F)CN)cs2)cc1.Cl. The Morgan fingerprint density at radius 1 is 1.33 bits per heavy atom. The predicted molar refractivity (Wildman–Crippen MR) is 94.9 cm³/mol. The summed E-state index contributed by atoms with van der Waals surface area (Å²) in [5.41, 5.74) is 7.71. The molecule has 8 heteroatoms. The summed E-state index contributed by atoms with van der Waals surface area (Å²) in [6.45, 7) is 0.545.